The number of anilines is 1. The molecule has 0 amide bonds. The molecule has 5 nitrogen and oxygen atoms in total. The van der Waals surface area contributed by atoms with Gasteiger partial charge in [-0.3, -0.25) is 0 Å². The molecular weight excluding hydrogens is 445 g/mol. The van der Waals surface area contributed by atoms with E-state index in [1.165, 1.54) is 17.7 Å². The van der Waals surface area contributed by atoms with E-state index in [1.807, 2.05) is 6.20 Å². The number of aliphatic imine (C=N–C) groups is 1. The zero-order valence-electron chi connectivity index (χ0n) is 14.6. The van der Waals surface area contributed by atoms with Gasteiger partial charge in [-0.15, -0.1) is 35.3 Å². The fourth-order valence-corrected chi connectivity index (χ4v) is 3.38. The van der Waals surface area contributed by atoms with Crippen LogP contribution in [0.15, 0.2) is 40.8 Å². The van der Waals surface area contributed by atoms with Crippen LogP contribution in [0.1, 0.15) is 30.2 Å². The first-order valence-corrected chi connectivity index (χ1v) is 9.47. The van der Waals surface area contributed by atoms with Crippen molar-refractivity contribution in [2.45, 2.75) is 32.9 Å². The maximum absolute atomic E-state index is 4.66. The van der Waals surface area contributed by atoms with E-state index in [0.717, 1.165) is 43.5 Å². The highest BCUT2D eigenvalue weighted by Crippen LogP contribution is 2.17. The molecule has 0 saturated carbocycles. The van der Waals surface area contributed by atoms with E-state index in [2.05, 4.69) is 62.1 Å². The van der Waals surface area contributed by atoms with Crippen molar-refractivity contribution in [1.82, 2.24) is 15.6 Å². The highest BCUT2D eigenvalue weighted by Gasteiger charge is 2.12. The van der Waals surface area contributed by atoms with E-state index in [-0.39, 0.29) is 24.0 Å². The molecule has 0 radical (unpaired) electrons. The van der Waals surface area contributed by atoms with Gasteiger partial charge in [-0.1, -0.05) is 12.1 Å². The second kappa shape index (κ2) is 10.6. The number of halogens is 1. The molecular formula is C18H26IN5S. The number of rotatable bonds is 6. The summed E-state index contributed by atoms with van der Waals surface area (Å²) in [4.78, 5) is 12.9. The van der Waals surface area contributed by atoms with Crippen LogP contribution in [-0.2, 0) is 13.1 Å². The number of nitrogens with zero attached hydrogens (tertiary/aromatic N) is 3. The standard InChI is InChI=1S/C18H25N5S.HI/c1-2-19-18(22-14-16-6-5-11-24-16)21-13-15-7-8-17(20-12-15)23-9-3-4-10-23;/h5-8,11-12H,2-4,9-10,13-14H2,1H3,(H2,19,21,22);1H. The maximum Gasteiger partial charge on any atom is 0.191 e. The summed E-state index contributed by atoms with van der Waals surface area (Å²) in [6.07, 6.45) is 4.49. The number of thiophene rings is 1. The Labute approximate surface area is 171 Å². The Bertz CT molecular complexity index is 636. The van der Waals surface area contributed by atoms with Crippen LogP contribution in [0.3, 0.4) is 0 Å². The van der Waals surface area contributed by atoms with Crippen LogP contribution in [0.4, 0.5) is 5.82 Å². The summed E-state index contributed by atoms with van der Waals surface area (Å²) in [5, 5.41) is 8.75. The zero-order chi connectivity index (χ0) is 16.6. The Balaban J connectivity index is 0.00000225. The summed E-state index contributed by atoms with van der Waals surface area (Å²) in [7, 11) is 0. The average Bonchev–Trinajstić information content (AvgIpc) is 3.31. The third-order valence-corrected chi connectivity index (χ3v) is 4.89. The number of aromatic nitrogens is 1. The molecule has 136 valence electrons. The average molecular weight is 471 g/mol. The molecule has 2 N–H and O–H groups in total. The number of pyridine rings is 1. The summed E-state index contributed by atoms with van der Waals surface area (Å²) in [5.74, 6) is 1.93. The van der Waals surface area contributed by atoms with E-state index >= 15 is 0 Å². The molecule has 3 heterocycles. The molecule has 1 fully saturated rings. The Morgan fingerprint density at radius 3 is 2.72 bits per heavy atom. The molecule has 0 bridgehead atoms. The van der Waals surface area contributed by atoms with Gasteiger partial charge in [0.2, 0.25) is 0 Å². The molecule has 3 rings (SSSR count). The van der Waals surface area contributed by atoms with Crippen molar-refractivity contribution in [2.75, 3.05) is 24.5 Å². The lowest BCUT2D eigenvalue weighted by Gasteiger charge is -2.16. The van der Waals surface area contributed by atoms with Gasteiger partial charge in [0, 0.05) is 30.7 Å². The smallest absolute Gasteiger partial charge is 0.191 e. The van der Waals surface area contributed by atoms with Crippen molar-refractivity contribution < 1.29 is 0 Å². The van der Waals surface area contributed by atoms with Crippen LogP contribution in [0.5, 0.6) is 0 Å². The van der Waals surface area contributed by atoms with Gasteiger partial charge in [0.1, 0.15) is 5.82 Å². The van der Waals surface area contributed by atoms with Crippen LogP contribution < -0.4 is 15.5 Å². The predicted molar refractivity (Wildman–Crippen MR) is 117 cm³/mol. The molecule has 1 aliphatic heterocycles. The van der Waals surface area contributed by atoms with Crippen molar-refractivity contribution in [3.63, 3.8) is 0 Å². The van der Waals surface area contributed by atoms with Crippen LogP contribution in [0.25, 0.3) is 0 Å². The molecule has 7 heteroatoms. The summed E-state index contributed by atoms with van der Waals surface area (Å²) in [6.45, 7) is 6.61. The van der Waals surface area contributed by atoms with Crippen molar-refractivity contribution >= 4 is 47.1 Å². The highest BCUT2D eigenvalue weighted by molar-refractivity contribution is 14.0. The van der Waals surface area contributed by atoms with Gasteiger partial charge in [0.05, 0.1) is 13.1 Å². The first kappa shape index (κ1) is 20.0. The number of hydrogen-bond acceptors (Lipinski definition) is 4. The van der Waals surface area contributed by atoms with Gasteiger partial charge < -0.3 is 15.5 Å². The van der Waals surface area contributed by atoms with Gasteiger partial charge >= 0.3 is 0 Å². The SMILES string of the molecule is CCNC(=NCc1ccc(N2CCCC2)nc1)NCc1cccs1.I. The van der Waals surface area contributed by atoms with Crippen LogP contribution in [-0.4, -0.2) is 30.6 Å². The first-order chi connectivity index (χ1) is 11.8. The zero-order valence-corrected chi connectivity index (χ0v) is 17.7. The monoisotopic (exact) mass is 471 g/mol. The molecule has 0 unspecified atom stereocenters. The van der Waals surface area contributed by atoms with Gasteiger partial charge in [0.25, 0.3) is 0 Å². The topological polar surface area (TPSA) is 52.6 Å². The second-order valence-corrected chi connectivity index (χ2v) is 6.88. The summed E-state index contributed by atoms with van der Waals surface area (Å²) in [6, 6.07) is 8.44. The minimum absolute atomic E-state index is 0. The van der Waals surface area contributed by atoms with Crippen LogP contribution in [0, 0.1) is 0 Å². The Kier molecular flexibility index (Phi) is 8.47. The normalized spacial score (nSPS) is 14.3. The minimum atomic E-state index is 0. The number of guanidine groups is 1. The Morgan fingerprint density at radius 2 is 2.08 bits per heavy atom. The molecule has 25 heavy (non-hydrogen) atoms. The van der Waals surface area contributed by atoms with Crippen LogP contribution in [0.2, 0.25) is 0 Å². The number of hydrogen-bond donors (Lipinski definition) is 2. The van der Waals surface area contributed by atoms with Gasteiger partial charge in [-0.05, 0) is 42.8 Å². The molecule has 0 aliphatic carbocycles. The fourth-order valence-electron chi connectivity index (χ4n) is 2.74. The Morgan fingerprint density at radius 1 is 1.24 bits per heavy atom. The fraction of sp³-hybridized carbons (Fsp3) is 0.444. The van der Waals surface area contributed by atoms with Gasteiger partial charge in [-0.2, -0.15) is 0 Å². The lowest BCUT2D eigenvalue weighted by molar-refractivity contribution is 0.822. The lowest BCUT2D eigenvalue weighted by Crippen LogP contribution is -2.36. The highest BCUT2D eigenvalue weighted by atomic mass is 127. The van der Waals surface area contributed by atoms with Crippen LogP contribution >= 0.6 is 35.3 Å². The molecule has 2 aromatic heterocycles. The first-order valence-electron chi connectivity index (χ1n) is 8.59. The van der Waals surface area contributed by atoms with E-state index in [1.54, 1.807) is 11.3 Å². The minimum Gasteiger partial charge on any atom is -0.357 e. The molecule has 2 aromatic rings. The molecule has 1 saturated heterocycles. The van der Waals surface area contributed by atoms with E-state index < -0.39 is 0 Å². The summed E-state index contributed by atoms with van der Waals surface area (Å²) >= 11 is 1.75. The quantitative estimate of drug-likeness (QED) is 0.384. The Hall–Kier alpha value is -1.35. The van der Waals surface area contributed by atoms with Gasteiger partial charge in [-0.25, -0.2) is 9.98 Å². The second-order valence-electron chi connectivity index (χ2n) is 5.85. The van der Waals surface area contributed by atoms with Gasteiger partial charge in [0.15, 0.2) is 5.96 Å². The summed E-state index contributed by atoms with van der Waals surface area (Å²) in [5.41, 5.74) is 1.13. The lowest BCUT2D eigenvalue weighted by atomic mass is 10.3. The largest absolute Gasteiger partial charge is 0.357 e. The maximum atomic E-state index is 4.66. The van der Waals surface area contributed by atoms with Crippen molar-refractivity contribution in [2.24, 2.45) is 4.99 Å². The number of nitrogens with one attached hydrogen (secondary N) is 2. The molecule has 0 aromatic carbocycles. The van der Waals surface area contributed by atoms with E-state index in [4.69, 9.17) is 0 Å². The predicted octanol–water partition coefficient (Wildman–Crippen LogP) is 3.62. The van der Waals surface area contributed by atoms with Crippen molar-refractivity contribution in [3.05, 3.63) is 46.3 Å². The third kappa shape index (κ3) is 6.14. The molecule has 0 atom stereocenters. The van der Waals surface area contributed by atoms with E-state index in [0.29, 0.717) is 6.54 Å². The molecule has 1 aliphatic rings. The van der Waals surface area contributed by atoms with Crippen molar-refractivity contribution in [3.8, 4) is 0 Å². The third-order valence-electron chi connectivity index (χ3n) is 4.01. The van der Waals surface area contributed by atoms with E-state index in [9.17, 15) is 0 Å². The van der Waals surface area contributed by atoms with Crippen molar-refractivity contribution in [1.29, 1.82) is 0 Å². The molecule has 0 spiro atoms. The summed E-state index contributed by atoms with van der Waals surface area (Å²) < 4.78 is 0.